The van der Waals surface area contributed by atoms with Gasteiger partial charge in [-0.3, -0.25) is 0 Å². The van der Waals surface area contributed by atoms with Crippen molar-refractivity contribution in [2.24, 2.45) is 0 Å². The molecule has 0 atom stereocenters. The van der Waals surface area contributed by atoms with Crippen LogP contribution in [-0.2, 0) is 32.1 Å². The van der Waals surface area contributed by atoms with Crippen LogP contribution in [0.5, 0.6) is 0 Å². The molecule has 0 saturated carbocycles. The van der Waals surface area contributed by atoms with Gasteiger partial charge in [0.25, 0.3) is 0 Å². The Morgan fingerprint density at radius 1 is 1.80 bits per heavy atom. The van der Waals surface area contributed by atoms with Crippen LogP contribution in [0.3, 0.4) is 0 Å². The second-order valence-electron chi connectivity index (χ2n) is 0.266. The quantitative estimate of drug-likeness (QED) is 0.313. The largest absolute Gasteiger partial charge is 0.528 e. The van der Waals surface area contributed by atoms with Gasteiger partial charge in [-0.05, 0) is 0 Å². The van der Waals surface area contributed by atoms with Crippen LogP contribution in [0.25, 0.3) is 0 Å². The minimum Gasteiger partial charge on any atom is -0.528 e. The van der Waals surface area contributed by atoms with E-state index < -0.39 is 4.38 Å². The minimum absolute atomic E-state index is 0. The van der Waals surface area contributed by atoms with Crippen LogP contribution in [0.4, 0.5) is 0 Å². The SMILES string of the molecule is OC(=S)[S-].[Zn]. The molecule has 0 aromatic carbocycles. The summed E-state index contributed by atoms with van der Waals surface area (Å²) in [5.41, 5.74) is 0. The smallest absolute Gasteiger partial charge is 0.0201 e. The fourth-order valence-corrected chi connectivity index (χ4v) is 0. The number of hydrogen-bond donors (Lipinski definition) is 1. The fourth-order valence-electron chi connectivity index (χ4n) is 0. The van der Waals surface area contributed by atoms with E-state index in [2.05, 4.69) is 24.8 Å². The first-order valence-electron chi connectivity index (χ1n) is 0.632. The van der Waals surface area contributed by atoms with E-state index in [0.29, 0.717) is 0 Å². The van der Waals surface area contributed by atoms with Crippen molar-refractivity contribution in [3.8, 4) is 0 Å². The van der Waals surface area contributed by atoms with Crippen molar-refractivity contribution < 1.29 is 24.6 Å². The summed E-state index contributed by atoms with van der Waals surface area (Å²) in [5, 5.41) is 7.60. The zero-order valence-electron chi connectivity index (χ0n) is 2.47. The molecule has 0 aliphatic carbocycles. The number of rotatable bonds is 0. The standard InChI is InChI=1S/CH2OS2.Zn/c2-1(3)4;/h(H2,2,3,4);/p-1. The molecule has 0 fully saturated rings. The summed E-state index contributed by atoms with van der Waals surface area (Å²) in [6.07, 6.45) is 0. The fraction of sp³-hybridized carbons (Fsp3) is 0. The maximum atomic E-state index is 7.60. The predicted molar refractivity (Wildman–Crippen MR) is 22.6 cm³/mol. The molecule has 0 aliphatic heterocycles. The summed E-state index contributed by atoms with van der Waals surface area (Å²) >= 11 is 7.81. The molecule has 0 aliphatic rings. The van der Waals surface area contributed by atoms with Gasteiger partial charge in [-0.1, -0.05) is 0 Å². The van der Waals surface area contributed by atoms with Crippen LogP contribution >= 0.6 is 12.2 Å². The van der Waals surface area contributed by atoms with Crippen LogP contribution in [0.2, 0.25) is 0 Å². The van der Waals surface area contributed by atoms with Crippen molar-refractivity contribution in [2.75, 3.05) is 0 Å². The average Bonchev–Trinajstić information content (AvgIpc) is 0.811. The second kappa shape index (κ2) is 4.73. The van der Waals surface area contributed by atoms with E-state index in [-0.39, 0.29) is 19.5 Å². The molecule has 0 spiro atoms. The van der Waals surface area contributed by atoms with Gasteiger partial charge in [0.2, 0.25) is 0 Å². The Hall–Kier alpha value is 0.733. The van der Waals surface area contributed by atoms with E-state index >= 15 is 0 Å². The summed E-state index contributed by atoms with van der Waals surface area (Å²) in [5.74, 6) is 0. The normalized spacial score (nSPS) is 4.80. The molecule has 26 valence electrons. The molecule has 0 aromatic heterocycles. The number of aliphatic hydroxyl groups excluding tert-OH is 1. The summed E-state index contributed by atoms with van der Waals surface area (Å²) < 4.78 is -0.417. The molecule has 0 bridgehead atoms. The molecule has 1 nitrogen and oxygen atoms in total. The monoisotopic (exact) mass is 157 g/mol. The van der Waals surface area contributed by atoms with Crippen molar-refractivity contribution in [2.45, 2.75) is 0 Å². The number of thiocarbonyl (C=S) groups is 1. The molecule has 0 amide bonds. The van der Waals surface area contributed by atoms with E-state index in [4.69, 9.17) is 5.11 Å². The van der Waals surface area contributed by atoms with Gasteiger partial charge in [-0.25, -0.2) is 0 Å². The molecular weight excluding hydrogens is 158 g/mol. The number of aliphatic hydroxyl groups is 1. The topological polar surface area (TPSA) is 20.2 Å². The molecule has 0 saturated heterocycles. The van der Waals surface area contributed by atoms with Gasteiger partial charge in [0.15, 0.2) is 0 Å². The van der Waals surface area contributed by atoms with Gasteiger partial charge in [0.05, 0.1) is 0 Å². The Morgan fingerprint density at radius 3 is 1.80 bits per heavy atom. The Morgan fingerprint density at radius 2 is 1.80 bits per heavy atom. The van der Waals surface area contributed by atoms with Crippen LogP contribution in [-0.4, -0.2) is 9.49 Å². The molecular formula is CHOS2Zn-. The zero-order chi connectivity index (χ0) is 3.58. The maximum Gasteiger partial charge on any atom is 0.0201 e. The van der Waals surface area contributed by atoms with E-state index in [0.717, 1.165) is 0 Å². The molecule has 5 heavy (non-hydrogen) atoms. The molecule has 0 rings (SSSR count). The van der Waals surface area contributed by atoms with E-state index in [1.165, 1.54) is 0 Å². The van der Waals surface area contributed by atoms with Crippen molar-refractivity contribution in [3.05, 3.63) is 0 Å². The second-order valence-corrected chi connectivity index (χ2v) is 1.30. The Labute approximate surface area is 53.9 Å². The van der Waals surface area contributed by atoms with Crippen molar-refractivity contribution >= 4 is 29.2 Å². The van der Waals surface area contributed by atoms with Gasteiger partial charge in [0.1, 0.15) is 0 Å². The first kappa shape index (κ1) is 9.22. The van der Waals surface area contributed by atoms with Crippen LogP contribution in [0.1, 0.15) is 0 Å². The van der Waals surface area contributed by atoms with Gasteiger partial charge in [-0.15, -0.1) is 0 Å². The Balaban J connectivity index is 0. The van der Waals surface area contributed by atoms with Gasteiger partial charge in [0, 0.05) is 23.9 Å². The molecule has 4 heteroatoms. The summed E-state index contributed by atoms with van der Waals surface area (Å²) in [6, 6.07) is 0. The van der Waals surface area contributed by atoms with E-state index in [1.54, 1.807) is 0 Å². The third kappa shape index (κ3) is 65.8. The van der Waals surface area contributed by atoms with Gasteiger partial charge >= 0.3 is 0 Å². The molecule has 0 heterocycles. The van der Waals surface area contributed by atoms with Crippen molar-refractivity contribution in [1.82, 2.24) is 0 Å². The maximum absolute atomic E-state index is 7.60. The molecule has 0 unspecified atom stereocenters. The van der Waals surface area contributed by atoms with Crippen LogP contribution in [0, 0.1) is 0 Å². The van der Waals surface area contributed by atoms with E-state index in [1.807, 2.05) is 0 Å². The molecule has 0 aromatic rings. The summed E-state index contributed by atoms with van der Waals surface area (Å²) in [7, 11) is 0. The molecule has 0 radical (unpaired) electrons. The van der Waals surface area contributed by atoms with Gasteiger partial charge in [-0.2, -0.15) is 0 Å². The summed E-state index contributed by atoms with van der Waals surface area (Å²) in [4.78, 5) is 0. The average molecular weight is 159 g/mol. The van der Waals surface area contributed by atoms with Crippen LogP contribution < -0.4 is 0 Å². The van der Waals surface area contributed by atoms with Gasteiger partial charge < -0.3 is 30.0 Å². The van der Waals surface area contributed by atoms with Crippen molar-refractivity contribution in [1.29, 1.82) is 0 Å². The zero-order valence-corrected chi connectivity index (χ0v) is 7.07. The Kier molecular flexibility index (Phi) is 8.72. The first-order chi connectivity index (χ1) is 1.73. The number of hydrogen-bond acceptors (Lipinski definition) is 2. The third-order valence-electron chi connectivity index (χ3n) is 0. The predicted octanol–water partition coefficient (Wildman–Crippen LogP) is 0.374. The molecule has 1 N–H and O–H groups in total. The minimum atomic E-state index is -0.417. The third-order valence-corrected chi connectivity index (χ3v) is 0. The van der Waals surface area contributed by atoms with Crippen LogP contribution in [0.15, 0.2) is 0 Å². The van der Waals surface area contributed by atoms with E-state index in [9.17, 15) is 0 Å². The Bertz CT molecular complexity index is 32.6. The summed E-state index contributed by atoms with van der Waals surface area (Å²) in [6.45, 7) is 0. The first-order valence-corrected chi connectivity index (χ1v) is 1.45. The van der Waals surface area contributed by atoms with Crippen molar-refractivity contribution in [3.63, 3.8) is 0 Å².